The Morgan fingerprint density at radius 1 is 0.880 bits per heavy atom. The van der Waals surface area contributed by atoms with Crippen LogP contribution in [0.2, 0.25) is 0 Å². The lowest BCUT2D eigenvalue weighted by atomic mass is 9.99. The van der Waals surface area contributed by atoms with E-state index < -0.39 is 12.1 Å². The van der Waals surface area contributed by atoms with E-state index in [1.165, 1.54) is 24.1 Å². The highest BCUT2D eigenvalue weighted by molar-refractivity contribution is 5.98. The summed E-state index contributed by atoms with van der Waals surface area (Å²) in [5.41, 5.74) is 8.61. The first-order valence-electron chi connectivity index (χ1n) is 17.0. The second-order valence-corrected chi connectivity index (χ2v) is 12.5. The van der Waals surface area contributed by atoms with Crippen LogP contribution in [0.5, 0.6) is 0 Å². The number of aliphatic hydroxyl groups is 1. The van der Waals surface area contributed by atoms with Gasteiger partial charge >= 0.3 is 5.97 Å². The molecule has 9 heteroatoms. The van der Waals surface area contributed by atoms with Crippen LogP contribution in [0, 0.1) is 0 Å². The van der Waals surface area contributed by atoms with Crippen molar-refractivity contribution in [3.05, 3.63) is 126 Å². The van der Waals surface area contributed by atoms with Crippen molar-refractivity contribution >= 4 is 29.4 Å². The molecular weight excluding hydrogens is 626 g/mol. The summed E-state index contributed by atoms with van der Waals surface area (Å²) < 4.78 is 0. The van der Waals surface area contributed by atoms with Gasteiger partial charge in [-0.1, -0.05) is 66.7 Å². The van der Waals surface area contributed by atoms with E-state index in [1.54, 1.807) is 12.2 Å². The highest BCUT2D eigenvalue weighted by Gasteiger charge is 2.21. The molecule has 6 rings (SSSR count). The number of anilines is 1. The van der Waals surface area contributed by atoms with E-state index in [9.17, 15) is 14.7 Å². The second-order valence-electron chi connectivity index (χ2n) is 12.5. The third-order valence-corrected chi connectivity index (χ3v) is 8.95. The number of carbonyl (C=O) groups excluding carboxylic acids is 1. The Hall–Kier alpha value is -5.80. The largest absolute Gasteiger partial charge is 0.479 e. The maximum absolute atomic E-state index is 12.4. The van der Waals surface area contributed by atoms with Crippen molar-refractivity contribution < 1.29 is 25.2 Å². The Bertz CT molecular complexity index is 1940. The SMILES string of the molecule is [NH2+]=C(CC(O)C(=O)O)c1ccc(-c2nc(-c3ccc(N4CCCC4)cc3)[nH]c2-c2ccc(/C=C/C(=O)NCCCc3ccccc3)cc2)cc1. The maximum Gasteiger partial charge on any atom is 0.333 e. The highest BCUT2D eigenvalue weighted by Crippen LogP contribution is 2.34. The zero-order valence-corrected chi connectivity index (χ0v) is 27.9. The number of nitrogens with two attached hydrogens (primary N) is 1. The molecule has 0 bridgehead atoms. The van der Waals surface area contributed by atoms with Gasteiger partial charge in [-0.25, -0.2) is 9.78 Å². The van der Waals surface area contributed by atoms with Crippen molar-refractivity contribution in [1.82, 2.24) is 15.3 Å². The highest BCUT2D eigenvalue weighted by atomic mass is 16.4. The van der Waals surface area contributed by atoms with Crippen molar-refractivity contribution in [1.29, 1.82) is 0 Å². The molecule has 0 saturated carbocycles. The number of carboxylic acid groups (broad SMARTS) is 1. The first-order chi connectivity index (χ1) is 24.3. The van der Waals surface area contributed by atoms with Gasteiger partial charge in [-0.3, -0.25) is 10.2 Å². The maximum atomic E-state index is 12.4. The molecule has 6 N–H and O–H groups in total. The molecule has 0 radical (unpaired) electrons. The van der Waals surface area contributed by atoms with Gasteiger partial charge in [0.25, 0.3) is 0 Å². The number of aryl methyl sites for hydroxylation is 1. The Labute approximate surface area is 291 Å². The number of imidazole rings is 1. The zero-order chi connectivity index (χ0) is 34.9. The third kappa shape index (κ3) is 8.61. The third-order valence-electron chi connectivity index (χ3n) is 8.95. The molecule has 50 heavy (non-hydrogen) atoms. The number of carbonyl (C=O) groups is 2. The lowest BCUT2D eigenvalue weighted by molar-refractivity contribution is -0.148. The average Bonchev–Trinajstić information content (AvgIpc) is 3.85. The van der Waals surface area contributed by atoms with Crippen LogP contribution < -0.4 is 15.6 Å². The molecule has 0 spiro atoms. The number of aromatic amines is 1. The smallest absolute Gasteiger partial charge is 0.333 e. The van der Waals surface area contributed by atoms with E-state index in [0.29, 0.717) is 12.1 Å². The van der Waals surface area contributed by atoms with Crippen LogP contribution in [0.25, 0.3) is 40.0 Å². The van der Waals surface area contributed by atoms with Crippen molar-refractivity contribution in [2.45, 2.75) is 38.2 Å². The molecule has 1 amide bonds. The minimum Gasteiger partial charge on any atom is -0.479 e. The number of hydrogen-bond acceptors (Lipinski definition) is 5. The molecule has 1 unspecified atom stereocenters. The van der Waals surface area contributed by atoms with Crippen molar-refractivity contribution in [2.75, 3.05) is 24.5 Å². The number of rotatable bonds is 14. The van der Waals surface area contributed by atoms with E-state index in [2.05, 4.69) is 51.6 Å². The molecule has 254 valence electrons. The molecule has 9 nitrogen and oxygen atoms in total. The van der Waals surface area contributed by atoms with Gasteiger partial charge in [0.2, 0.25) is 5.91 Å². The molecular formula is C41H42N5O4+. The average molecular weight is 669 g/mol. The zero-order valence-electron chi connectivity index (χ0n) is 27.9. The van der Waals surface area contributed by atoms with E-state index in [1.807, 2.05) is 66.7 Å². The van der Waals surface area contributed by atoms with Gasteiger partial charge in [0.1, 0.15) is 5.82 Å². The van der Waals surface area contributed by atoms with Crippen LogP contribution in [-0.4, -0.2) is 63.5 Å². The first-order valence-corrected chi connectivity index (χ1v) is 17.0. The molecule has 4 aromatic carbocycles. The number of nitrogens with zero attached hydrogens (tertiary/aromatic N) is 2. The fourth-order valence-corrected chi connectivity index (χ4v) is 6.13. The Morgan fingerprint density at radius 3 is 2.22 bits per heavy atom. The van der Waals surface area contributed by atoms with E-state index in [4.69, 9.17) is 15.5 Å². The van der Waals surface area contributed by atoms with Crippen LogP contribution in [0.3, 0.4) is 0 Å². The van der Waals surface area contributed by atoms with Crippen LogP contribution in [0.4, 0.5) is 5.69 Å². The second kappa shape index (κ2) is 16.1. The van der Waals surface area contributed by atoms with Gasteiger partial charge in [-0.15, -0.1) is 0 Å². The predicted molar refractivity (Wildman–Crippen MR) is 197 cm³/mol. The first kappa shape index (κ1) is 34.1. The number of aromatic nitrogens is 2. The number of hydrogen-bond donors (Lipinski definition) is 5. The normalized spacial score (nSPS) is 13.4. The van der Waals surface area contributed by atoms with E-state index >= 15 is 0 Å². The molecule has 1 aliphatic rings. The summed E-state index contributed by atoms with van der Waals surface area (Å²) >= 11 is 0. The molecule has 5 aromatic rings. The van der Waals surface area contributed by atoms with Crippen molar-refractivity contribution in [2.24, 2.45) is 0 Å². The van der Waals surface area contributed by atoms with Crippen LogP contribution in [0.1, 0.15) is 42.4 Å². The minimum atomic E-state index is -1.57. The number of benzene rings is 4. The quantitative estimate of drug-likeness (QED) is 0.0629. The van der Waals surface area contributed by atoms with Gasteiger partial charge < -0.3 is 25.4 Å². The summed E-state index contributed by atoms with van der Waals surface area (Å²) in [6, 6.07) is 34.0. The van der Waals surface area contributed by atoms with Gasteiger partial charge in [0.15, 0.2) is 11.8 Å². The molecule has 1 atom stereocenters. The summed E-state index contributed by atoms with van der Waals surface area (Å²) in [6.45, 7) is 2.76. The number of carboxylic acids is 1. The van der Waals surface area contributed by atoms with E-state index in [0.717, 1.165) is 65.4 Å². The molecule has 0 aliphatic carbocycles. The van der Waals surface area contributed by atoms with E-state index in [-0.39, 0.29) is 18.0 Å². The van der Waals surface area contributed by atoms with Gasteiger partial charge in [-0.2, -0.15) is 0 Å². The lowest BCUT2D eigenvalue weighted by Gasteiger charge is -2.17. The van der Waals surface area contributed by atoms with Gasteiger partial charge in [0.05, 0.1) is 17.8 Å². The minimum absolute atomic E-state index is 0.128. The van der Waals surface area contributed by atoms with Crippen molar-refractivity contribution in [3.63, 3.8) is 0 Å². The molecule has 2 heterocycles. The fraction of sp³-hybridized carbons (Fsp3) is 0.220. The molecule has 1 saturated heterocycles. The van der Waals surface area contributed by atoms with Gasteiger partial charge in [0, 0.05) is 53.7 Å². The van der Waals surface area contributed by atoms with Crippen LogP contribution in [-0.2, 0) is 16.0 Å². The lowest BCUT2D eigenvalue weighted by Crippen LogP contribution is -2.43. The number of H-pyrrole nitrogens is 1. The number of aliphatic hydroxyl groups excluding tert-OH is 1. The van der Waals surface area contributed by atoms with Crippen molar-refractivity contribution in [3.8, 4) is 33.9 Å². The topological polar surface area (TPSA) is 144 Å². The Morgan fingerprint density at radius 2 is 1.54 bits per heavy atom. The Kier molecular flexibility index (Phi) is 10.9. The molecule has 1 aromatic heterocycles. The fourth-order valence-electron chi connectivity index (χ4n) is 6.13. The monoisotopic (exact) mass is 668 g/mol. The standard InChI is InChI=1S/C41H41N5O4/c42-35(27-36(47)41(49)50)30-15-17-32(18-16-30)39-38(44-40(45-39)33-19-21-34(22-20-33)46-25-4-5-26-46)31-13-10-29(11-14-31)12-23-37(48)43-24-6-9-28-7-2-1-3-8-28/h1-3,7-8,10-23,36,42,47H,4-6,9,24-27H2,(H,43,48)(H,44,45)(H,49,50)/p+1/b23-12+,42-35?. The summed E-state index contributed by atoms with van der Waals surface area (Å²) in [5, 5.41) is 27.9. The summed E-state index contributed by atoms with van der Waals surface area (Å²) in [4.78, 5) is 34.5. The summed E-state index contributed by atoms with van der Waals surface area (Å²) in [5.74, 6) is -0.709. The molecule has 1 fully saturated rings. The number of nitrogens with one attached hydrogen (secondary N) is 2. The summed E-state index contributed by atoms with van der Waals surface area (Å²) in [6.07, 6.45) is 5.85. The number of amides is 1. The van der Waals surface area contributed by atoms with Gasteiger partial charge in [-0.05, 0) is 79.3 Å². The number of aliphatic carboxylic acids is 1. The van der Waals surface area contributed by atoms with Crippen LogP contribution in [0.15, 0.2) is 109 Å². The molecule has 1 aliphatic heterocycles. The Balaban J connectivity index is 1.19. The van der Waals surface area contributed by atoms with Crippen LogP contribution >= 0.6 is 0 Å². The summed E-state index contributed by atoms with van der Waals surface area (Å²) in [7, 11) is 0. The predicted octanol–water partition coefficient (Wildman–Crippen LogP) is 5.16.